The Morgan fingerprint density at radius 2 is 1.50 bits per heavy atom. The van der Waals surface area contributed by atoms with Gasteiger partial charge in [0.25, 0.3) is 0 Å². The molecular weight excluding hydrogens is 600 g/mol. The molecule has 2 aliphatic rings. The van der Waals surface area contributed by atoms with Crippen molar-refractivity contribution in [3.63, 3.8) is 0 Å². The Hall–Kier alpha value is 4.12. The van der Waals surface area contributed by atoms with E-state index in [9.17, 15) is 5.11 Å². The van der Waals surface area contributed by atoms with E-state index in [-0.39, 0.29) is 137 Å². The van der Waals surface area contributed by atoms with Gasteiger partial charge in [0.2, 0.25) is 0 Å². The molecule has 4 radical (unpaired) electrons. The molecule has 1 nitrogen and oxygen atoms in total. The average Bonchev–Trinajstić information content (AvgIpc) is 2.74. The van der Waals surface area contributed by atoms with Crippen molar-refractivity contribution in [1.29, 1.82) is 0 Å². The van der Waals surface area contributed by atoms with E-state index in [2.05, 4.69) is 46.8 Å². The maximum atomic E-state index is 10.3. The summed E-state index contributed by atoms with van der Waals surface area (Å²) in [4.78, 5) is 0. The maximum Gasteiger partial charge on any atom is 0.0573 e. The zero-order valence-electron chi connectivity index (χ0n) is 16.4. The molecule has 0 aromatic carbocycles. The molecule has 1 unspecified atom stereocenters. The summed E-state index contributed by atoms with van der Waals surface area (Å²) in [6, 6.07) is 0. The van der Waals surface area contributed by atoms with Gasteiger partial charge in [0.05, 0.1) is 6.10 Å². The molecule has 2 aliphatic carbocycles. The van der Waals surface area contributed by atoms with Gasteiger partial charge in [-0.2, -0.15) is 0 Å². The monoisotopic (exact) mass is 634 g/mol. The molecule has 1 N–H and O–H groups in total. The Balaban J connectivity index is -0.00000110. The number of hydrogen-bond acceptors (Lipinski definition) is 1. The van der Waals surface area contributed by atoms with Crippen LogP contribution in [0.5, 0.6) is 0 Å². The Bertz CT molecular complexity index is 361. The van der Waals surface area contributed by atoms with Gasteiger partial charge in [0.1, 0.15) is 0 Å². The van der Waals surface area contributed by atoms with Crippen molar-refractivity contribution in [3.8, 4) is 0 Å². The van der Waals surface area contributed by atoms with E-state index in [1.165, 1.54) is 25.7 Å². The number of fused-ring (bicyclic) bond motifs is 1. The molecule has 0 bridgehead atoms. The second-order valence-corrected chi connectivity index (χ2v) is 8.10. The Morgan fingerprint density at radius 1 is 0.917 bits per heavy atom. The van der Waals surface area contributed by atoms with Crippen LogP contribution in [0.25, 0.3) is 0 Å². The molecule has 5 heteroatoms. The molecule has 0 saturated heterocycles. The van der Waals surface area contributed by atoms with E-state index >= 15 is 0 Å². The standard InChI is InChI=1S/C19H34O.4Y/c1-13(2)14(3)8-9-15(4)16-10-11-17-18(20)7-6-12-19(16,17)5;;;;/h8-9,13-18,20H,6-7,10-12H2,1-5H3;;;;/b9-8+;;;;/t14-,15+,16?,17-,18-,19+;;;;/m0..../s1. The fourth-order valence-corrected chi connectivity index (χ4v) is 4.76. The van der Waals surface area contributed by atoms with Gasteiger partial charge in [0.15, 0.2) is 0 Å². The first-order valence-electron chi connectivity index (χ1n) is 8.72. The van der Waals surface area contributed by atoms with Crippen LogP contribution in [0, 0.1) is 35.0 Å². The van der Waals surface area contributed by atoms with E-state index in [1.54, 1.807) is 0 Å². The summed E-state index contributed by atoms with van der Waals surface area (Å²) in [5.41, 5.74) is 0.377. The molecule has 6 atom stereocenters. The van der Waals surface area contributed by atoms with Crippen LogP contribution in [0.4, 0.5) is 0 Å². The van der Waals surface area contributed by atoms with Crippen molar-refractivity contribution in [2.75, 3.05) is 0 Å². The third-order valence-electron chi connectivity index (χ3n) is 6.57. The van der Waals surface area contributed by atoms with Gasteiger partial charge >= 0.3 is 0 Å². The molecule has 2 rings (SSSR count). The SMILES string of the molecule is CC(C)[C@@H](C)/C=C/[C@@H](C)C1CC[C@H]2[C@@H](O)CCC[C@]12C.[Y].[Y].[Y].[Y]. The Morgan fingerprint density at radius 3 is 2.04 bits per heavy atom. The van der Waals surface area contributed by atoms with Gasteiger partial charge in [-0.3, -0.25) is 0 Å². The van der Waals surface area contributed by atoms with E-state index in [0.29, 0.717) is 23.2 Å². The molecule has 0 spiro atoms. The summed E-state index contributed by atoms with van der Waals surface area (Å²) in [5, 5.41) is 10.3. The fraction of sp³-hybridized carbons (Fsp3) is 0.895. The van der Waals surface area contributed by atoms with E-state index < -0.39 is 0 Å². The number of aliphatic hydroxyl groups excluding tert-OH is 1. The quantitative estimate of drug-likeness (QED) is 0.431. The summed E-state index contributed by atoms with van der Waals surface area (Å²) in [5.74, 6) is 3.36. The van der Waals surface area contributed by atoms with Crippen molar-refractivity contribution in [3.05, 3.63) is 12.2 Å². The molecule has 2 saturated carbocycles. The normalized spacial score (nSPS) is 34.2. The minimum absolute atomic E-state index is 0. The van der Waals surface area contributed by atoms with Gasteiger partial charge in [-0.25, -0.2) is 0 Å². The number of aliphatic hydroxyl groups is 1. The molecule has 0 amide bonds. The summed E-state index contributed by atoms with van der Waals surface area (Å²) in [7, 11) is 0. The van der Waals surface area contributed by atoms with Crippen LogP contribution in [0.2, 0.25) is 0 Å². The minimum atomic E-state index is -0.0375. The average molecular weight is 634 g/mol. The first kappa shape index (κ1) is 32.8. The molecule has 128 valence electrons. The zero-order valence-corrected chi connectivity index (χ0v) is 27.8. The summed E-state index contributed by atoms with van der Waals surface area (Å²) in [6.45, 7) is 11.8. The number of hydrogen-bond donors (Lipinski definition) is 1. The minimum Gasteiger partial charge on any atom is -0.393 e. The van der Waals surface area contributed by atoms with E-state index in [1.807, 2.05) is 0 Å². The third kappa shape index (κ3) is 8.09. The summed E-state index contributed by atoms with van der Waals surface area (Å²) < 4.78 is 0. The van der Waals surface area contributed by atoms with Crippen LogP contribution in [0.15, 0.2) is 12.2 Å². The second-order valence-electron chi connectivity index (χ2n) is 8.10. The summed E-state index contributed by atoms with van der Waals surface area (Å²) in [6.07, 6.45) is 10.9. The van der Waals surface area contributed by atoms with E-state index in [4.69, 9.17) is 0 Å². The Kier molecular flexibility index (Phi) is 20.5. The van der Waals surface area contributed by atoms with Crippen LogP contribution in [0.1, 0.15) is 66.7 Å². The van der Waals surface area contributed by atoms with Crippen molar-refractivity contribution in [2.24, 2.45) is 35.0 Å². The first-order valence-corrected chi connectivity index (χ1v) is 8.72. The fourth-order valence-electron chi connectivity index (χ4n) is 4.76. The molecule has 0 aromatic heterocycles. The van der Waals surface area contributed by atoms with Gasteiger partial charge in [0, 0.05) is 131 Å². The van der Waals surface area contributed by atoms with Gasteiger partial charge in [-0.1, -0.05) is 53.2 Å². The van der Waals surface area contributed by atoms with Gasteiger partial charge in [-0.15, -0.1) is 0 Å². The topological polar surface area (TPSA) is 20.2 Å². The van der Waals surface area contributed by atoms with Crippen molar-refractivity contribution in [2.45, 2.75) is 72.8 Å². The largest absolute Gasteiger partial charge is 0.393 e. The molecule has 2 fully saturated rings. The van der Waals surface area contributed by atoms with Crippen molar-refractivity contribution < 1.29 is 136 Å². The van der Waals surface area contributed by atoms with Crippen LogP contribution in [0.3, 0.4) is 0 Å². The van der Waals surface area contributed by atoms with Crippen molar-refractivity contribution in [1.82, 2.24) is 0 Å². The van der Waals surface area contributed by atoms with Gasteiger partial charge < -0.3 is 5.11 Å². The number of allylic oxidation sites excluding steroid dienone is 2. The number of rotatable bonds is 4. The third-order valence-corrected chi connectivity index (χ3v) is 6.57. The van der Waals surface area contributed by atoms with Crippen LogP contribution in [-0.4, -0.2) is 11.2 Å². The smallest absolute Gasteiger partial charge is 0.0573 e. The van der Waals surface area contributed by atoms with Gasteiger partial charge in [-0.05, 0) is 60.7 Å². The molecule has 0 heterocycles. The predicted octanol–water partition coefficient (Wildman–Crippen LogP) is 5.04. The van der Waals surface area contributed by atoms with E-state index in [0.717, 1.165) is 18.3 Å². The Labute approximate surface area is 251 Å². The van der Waals surface area contributed by atoms with Crippen LogP contribution in [-0.2, 0) is 131 Å². The zero-order chi connectivity index (χ0) is 14.9. The molecule has 24 heavy (non-hydrogen) atoms. The van der Waals surface area contributed by atoms with Crippen molar-refractivity contribution >= 4 is 0 Å². The van der Waals surface area contributed by atoms with Crippen LogP contribution < -0.4 is 0 Å². The molecule has 0 aromatic rings. The second kappa shape index (κ2) is 15.0. The molecule has 0 aliphatic heterocycles. The predicted molar refractivity (Wildman–Crippen MR) is 86.5 cm³/mol. The summed E-state index contributed by atoms with van der Waals surface area (Å²) >= 11 is 0. The van der Waals surface area contributed by atoms with Crippen LogP contribution >= 0.6 is 0 Å². The molecular formula is C19H34OY4. The maximum absolute atomic E-state index is 10.3. The first-order chi connectivity index (χ1) is 9.36.